The largest absolute Gasteiger partial charge is 0.371 e. The quantitative estimate of drug-likeness (QED) is 0.667. The second-order valence-electron chi connectivity index (χ2n) is 4.42. The summed E-state index contributed by atoms with van der Waals surface area (Å²) in [7, 11) is 2.07. The van der Waals surface area contributed by atoms with E-state index in [-0.39, 0.29) is 5.56 Å². The third kappa shape index (κ3) is 1.11. The Morgan fingerprint density at radius 2 is 2.06 bits per heavy atom. The molecule has 1 aromatic carbocycles. The van der Waals surface area contributed by atoms with Gasteiger partial charge in [-0.15, -0.1) is 0 Å². The Morgan fingerprint density at radius 1 is 1.25 bits per heavy atom. The first-order valence-corrected chi connectivity index (χ1v) is 5.53. The van der Waals surface area contributed by atoms with Crippen molar-refractivity contribution in [2.75, 3.05) is 18.5 Å². The second kappa shape index (κ2) is 3.11. The van der Waals surface area contributed by atoms with Crippen molar-refractivity contribution < 1.29 is 0 Å². The number of rotatable bonds is 0. The number of nitrogens with zero attached hydrogens (tertiary/aromatic N) is 2. The Morgan fingerprint density at radius 3 is 2.88 bits per heavy atom. The van der Waals surface area contributed by atoms with Crippen molar-refractivity contribution in [1.82, 2.24) is 4.57 Å². The number of para-hydroxylation sites is 1. The molecule has 0 saturated carbocycles. The summed E-state index contributed by atoms with van der Waals surface area (Å²) in [6, 6.07) is 8.18. The SMILES string of the molecule is Cc1cc2cccc3c2n(c1=O)CCN3C. The van der Waals surface area contributed by atoms with E-state index in [0.29, 0.717) is 0 Å². The van der Waals surface area contributed by atoms with Crippen molar-refractivity contribution in [1.29, 1.82) is 0 Å². The van der Waals surface area contributed by atoms with Crippen LogP contribution in [0.1, 0.15) is 5.56 Å². The molecule has 1 aliphatic heterocycles. The van der Waals surface area contributed by atoms with Crippen LogP contribution in [0.3, 0.4) is 0 Å². The van der Waals surface area contributed by atoms with E-state index in [4.69, 9.17) is 0 Å². The molecule has 0 spiro atoms. The molecule has 82 valence electrons. The standard InChI is InChI=1S/C13H14N2O/c1-9-8-10-4-3-5-11-12(10)15(13(9)16)7-6-14(11)2/h3-5,8H,6-7H2,1-2H3. The van der Waals surface area contributed by atoms with Crippen molar-refractivity contribution in [2.45, 2.75) is 13.5 Å². The van der Waals surface area contributed by atoms with Gasteiger partial charge in [-0.2, -0.15) is 0 Å². The lowest BCUT2D eigenvalue weighted by Gasteiger charge is -2.28. The molecule has 0 unspecified atom stereocenters. The van der Waals surface area contributed by atoms with Crippen LogP contribution in [-0.2, 0) is 6.54 Å². The number of benzene rings is 1. The van der Waals surface area contributed by atoms with Gasteiger partial charge in [-0.3, -0.25) is 4.79 Å². The number of likely N-dealkylation sites (N-methyl/N-ethyl adjacent to an activating group) is 1. The number of hydrogen-bond donors (Lipinski definition) is 0. The summed E-state index contributed by atoms with van der Waals surface area (Å²) in [5.41, 5.74) is 3.20. The van der Waals surface area contributed by atoms with Gasteiger partial charge in [0.2, 0.25) is 0 Å². The maximum atomic E-state index is 12.1. The molecule has 3 rings (SSSR count). The molecule has 1 aliphatic rings. The smallest absolute Gasteiger partial charge is 0.254 e. The summed E-state index contributed by atoms with van der Waals surface area (Å²) < 4.78 is 1.90. The topological polar surface area (TPSA) is 25.2 Å². The Balaban J connectivity index is 2.54. The number of anilines is 1. The van der Waals surface area contributed by atoms with Crippen molar-refractivity contribution in [3.63, 3.8) is 0 Å². The van der Waals surface area contributed by atoms with Crippen LogP contribution in [-0.4, -0.2) is 18.2 Å². The molecule has 0 atom stereocenters. The van der Waals surface area contributed by atoms with Crippen LogP contribution >= 0.6 is 0 Å². The van der Waals surface area contributed by atoms with Gasteiger partial charge < -0.3 is 9.47 Å². The number of aromatic nitrogens is 1. The van der Waals surface area contributed by atoms with Crippen molar-refractivity contribution in [2.24, 2.45) is 0 Å². The molecule has 2 aromatic rings. The van der Waals surface area contributed by atoms with Gasteiger partial charge in [0, 0.05) is 31.1 Å². The fourth-order valence-electron chi connectivity index (χ4n) is 2.46. The van der Waals surface area contributed by atoms with E-state index in [0.717, 1.165) is 35.2 Å². The molecule has 0 aliphatic carbocycles. The lowest BCUT2D eigenvalue weighted by atomic mass is 10.1. The molecule has 0 saturated heterocycles. The van der Waals surface area contributed by atoms with Crippen LogP contribution in [0.2, 0.25) is 0 Å². The molecule has 0 fully saturated rings. The zero-order valence-corrected chi connectivity index (χ0v) is 9.53. The van der Waals surface area contributed by atoms with Crippen LogP contribution < -0.4 is 10.5 Å². The normalized spacial score (nSPS) is 14.5. The average Bonchev–Trinajstić information content (AvgIpc) is 2.28. The summed E-state index contributed by atoms with van der Waals surface area (Å²) in [5, 5.41) is 1.15. The summed E-state index contributed by atoms with van der Waals surface area (Å²) in [6.45, 7) is 3.57. The molecule has 0 bridgehead atoms. The highest BCUT2D eigenvalue weighted by Gasteiger charge is 2.17. The molecule has 3 heteroatoms. The molecular formula is C13H14N2O. The van der Waals surface area contributed by atoms with Gasteiger partial charge in [0.05, 0.1) is 11.2 Å². The van der Waals surface area contributed by atoms with Crippen LogP contribution in [0.15, 0.2) is 29.1 Å². The second-order valence-corrected chi connectivity index (χ2v) is 4.42. The van der Waals surface area contributed by atoms with Crippen molar-refractivity contribution in [3.8, 4) is 0 Å². The predicted octanol–water partition coefficient (Wildman–Crippen LogP) is 1.76. The maximum Gasteiger partial charge on any atom is 0.254 e. The minimum absolute atomic E-state index is 0.146. The van der Waals surface area contributed by atoms with E-state index in [2.05, 4.69) is 24.1 Å². The summed E-state index contributed by atoms with van der Waals surface area (Å²) >= 11 is 0. The van der Waals surface area contributed by atoms with Gasteiger partial charge >= 0.3 is 0 Å². The van der Waals surface area contributed by atoms with E-state index in [1.165, 1.54) is 0 Å². The highest BCUT2D eigenvalue weighted by atomic mass is 16.1. The third-order valence-corrected chi connectivity index (χ3v) is 3.34. The number of pyridine rings is 1. The Hall–Kier alpha value is -1.77. The third-order valence-electron chi connectivity index (χ3n) is 3.34. The van der Waals surface area contributed by atoms with Gasteiger partial charge in [0.25, 0.3) is 5.56 Å². The van der Waals surface area contributed by atoms with E-state index in [9.17, 15) is 4.79 Å². The molecule has 3 nitrogen and oxygen atoms in total. The maximum absolute atomic E-state index is 12.1. The van der Waals surface area contributed by atoms with E-state index in [1.807, 2.05) is 23.6 Å². The fourth-order valence-corrected chi connectivity index (χ4v) is 2.46. The zero-order valence-electron chi connectivity index (χ0n) is 9.53. The minimum atomic E-state index is 0.146. The van der Waals surface area contributed by atoms with Crippen LogP contribution in [0.25, 0.3) is 10.9 Å². The van der Waals surface area contributed by atoms with Gasteiger partial charge in [-0.25, -0.2) is 0 Å². The molecule has 0 radical (unpaired) electrons. The van der Waals surface area contributed by atoms with Crippen LogP contribution in [0, 0.1) is 6.92 Å². The summed E-state index contributed by atoms with van der Waals surface area (Å²) in [4.78, 5) is 14.3. The molecule has 0 amide bonds. The van der Waals surface area contributed by atoms with Gasteiger partial charge in [-0.1, -0.05) is 12.1 Å². The van der Waals surface area contributed by atoms with Crippen molar-refractivity contribution in [3.05, 3.63) is 40.2 Å². The zero-order chi connectivity index (χ0) is 11.3. The highest BCUT2D eigenvalue weighted by Crippen LogP contribution is 2.28. The summed E-state index contributed by atoms with van der Waals surface area (Å²) in [6.07, 6.45) is 0. The number of aryl methyl sites for hydroxylation is 1. The first kappa shape index (κ1) is 9.46. The fraction of sp³-hybridized carbons (Fsp3) is 0.308. The summed E-state index contributed by atoms with van der Waals surface area (Å²) in [5.74, 6) is 0. The molecule has 1 aromatic heterocycles. The average molecular weight is 214 g/mol. The molecule has 2 heterocycles. The number of hydrogen-bond acceptors (Lipinski definition) is 2. The predicted molar refractivity (Wildman–Crippen MR) is 66.2 cm³/mol. The van der Waals surface area contributed by atoms with Gasteiger partial charge in [0.15, 0.2) is 0 Å². The minimum Gasteiger partial charge on any atom is -0.371 e. The molecular weight excluding hydrogens is 200 g/mol. The van der Waals surface area contributed by atoms with Gasteiger partial charge in [-0.05, 0) is 19.1 Å². The Labute approximate surface area is 93.9 Å². The monoisotopic (exact) mass is 214 g/mol. The van der Waals surface area contributed by atoms with E-state index in [1.54, 1.807) is 0 Å². The van der Waals surface area contributed by atoms with Gasteiger partial charge in [0.1, 0.15) is 0 Å². The van der Waals surface area contributed by atoms with E-state index < -0.39 is 0 Å². The highest BCUT2D eigenvalue weighted by molar-refractivity contribution is 5.92. The lowest BCUT2D eigenvalue weighted by Crippen LogP contribution is -2.34. The Bertz CT molecular complexity index is 628. The Kier molecular flexibility index (Phi) is 1.84. The molecule has 16 heavy (non-hydrogen) atoms. The van der Waals surface area contributed by atoms with Crippen molar-refractivity contribution >= 4 is 16.6 Å². The molecule has 0 N–H and O–H groups in total. The lowest BCUT2D eigenvalue weighted by molar-refractivity contribution is 0.659. The first-order chi connectivity index (χ1) is 7.68. The van der Waals surface area contributed by atoms with E-state index >= 15 is 0 Å². The first-order valence-electron chi connectivity index (χ1n) is 5.53. The van der Waals surface area contributed by atoms with Crippen LogP contribution in [0.5, 0.6) is 0 Å². The van der Waals surface area contributed by atoms with Crippen LogP contribution in [0.4, 0.5) is 5.69 Å².